The number of amides is 2. The first-order valence-electron chi connectivity index (χ1n) is 16.1. The van der Waals surface area contributed by atoms with Crippen LogP contribution in [0.3, 0.4) is 0 Å². The molecular formula is C34H40Cl2F5N5O2. The van der Waals surface area contributed by atoms with E-state index in [9.17, 15) is 31.5 Å². The lowest BCUT2D eigenvalue weighted by molar-refractivity contribution is -0.179. The van der Waals surface area contributed by atoms with Crippen molar-refractivity contribution < 1.29 is 31.5 Å². The molecule has 0 unspecified atom stereocenters. The number of benzene rings is 2. The molecule has 1 saturated heterocycles. The van der Waals surface area contributed by atoms with Crippen LogP contribution < -0.4 is 15.5 Å². The number of carbonyl (C=O) groups excluding carboxylic acids is 2. The second kappa shape index (κ2) is 13.7. The molecule has 2 N–H and O–H groups in total. The summed E-state index contributed by atoms with van der Waals surface area (Å²) in [5, 5.41) is 6.57. The summed E-state index contributed by atoms with van der Waals surface area (Å²) in [6.45, 7) is 5.83. The Bertz CT molecular complexity index is 1680. The van der Waals surface area contributed by atoms with E-state index in [1.165, 1.54) is 0 Å². The minimum Gasteiger partial charge on any atom is -0.371 e. The molecule has 1 aliphatic carbocycles. The molecule has 7 nitrogen and oxygen atoms in total. The molecule has 2 aliphatic rings. The van der Waals surface area contributed by atoms with E-state index in [2.05, 4.69) is 10.6 Å². The number of rotatable bonds is 7. The predicted molar refractivity (Wildman–Crippen MR) is 177 cm³/mol. The van der Waals surface area contributed by atoms with Gasteiger partial charge in [0.15, 0.2) is 0 Å². The average molecular weight is 717 g/mol. The lowest BCUT2D eigenvalue weighted by atomic mass is 9.92. The Kier molecular flexibility index (Phi) is 10.3. The molecule has 3 aromatic rings. The first-order valence-corrected chi connectivity index (χ1v) is 16.8. The van der Waals surface area contributed by atoms with E-state index in [0.717, 1.165) is 0 Å². The third-order valence-electron chi connectivity index (χ3n) is 9.41. The Hall–Kier alpha value is -3.12. The number of hydrogen-bond donors (Lipinski definition) is 2. The average Bonchev–Trinajstić information content (AvgIpc) is 3.32. The summed E-state index contributed by atoms with van der Waals surface area (Å²) >= 11 is 13.4. The Morgan fingerprint density at radius 3 is 2.27 bits per heavy atom. The van der Waals surface area contributed by atoms with Crippen LogP contribution in [0.1, 0.15) is 86.6 Å². The maximum Gasteiger partial charge on any atom is 0.391 e. The molecule has 2 heterocycles. The number of carbonyl (C=O) groups is 2. The lowest BCUT2D eigenvalue weighted by Crippen LogP contribution is -2.42. The first kappa shape index (κ1) is 36.2. The minimum absolute atomic E-state index is 0.0973. The number of alkyl halides is 5. The van der Waals surface area contributed by atoms with Crippen molar-refractivity contribution in [3.63, 3.8) is 0 Å². The van der Waals surface area contributed by atoms with Crippen LogP contribution in [0.2, 0.25) is 10.0 Å². The van der Waals surface area contributed by atoms with E-state index >= 15 is 0 Å². The Morgan fingerprint density at radius 2 is 1.67 bits per heavy atom. The maximum absolute atomic E-state index is 13.8. The molecule has 1 saturated carbocycles. The van der Waals surface area contributed by atoms with Crippen LogP contribution in [0.5, 0.6) is 0 Å². The minimum atomic E-state index is -4.30. The fraction of sp³-hybridized carbons (Fsp3) is 0.559. The fourth-order valence-electron chi connectivity index (χ4n) is 6.32. The van der Waals surface area contributed by atoms with Gasteiger partial charge in [0.2, 0.25) is 11.8 Å². The van der Waals surface area contributed by atoms with E-state index in [4.69, 9.17) is 28.2 Å². The topological polar surface area (TPSA) is 79.3 Å². The molecule has 2 amide bonds. The summed E-state index contributed by atoms with van der Waals surface area (Å²) in [7, 11) is 1.79. The molecule has 14 heteroatoms. The van der Waals surface area contributed by atoms with Gasteiger partial charge < -0.3 is 20.1 Å². The second-order valence-corrected chi connectivity index (χ2v) is 14.7. The van der Waals surface area contributed by atoms with Crippen molar-refractivity contribution in [1.82, 2.24) is 20.2 Å². The molecule has 5 rings (SSSR count). The van der Waals surface area contributed by atoms with Gasteiger partial charge in [0, 0.05) is 62.4 Å². The molecule has 1 aliphatic heterocycles. The summed E-state index contributed by atoms with van der Waals surface area (Å²) in [6.07, 6.45) is -4.70. The van der Waals surface area contributed by atoms with Gasteiger partial charge in [-0.1, -0.05) is 50.0 Å². The molecule has 0 spiro atoms. The monoisotopic (exact) mass is 715 g/mol. The van der Waals surface area contributed by atoms with Crippen LogP contribution in [-0.2, 0) is 24.8 Å². The van der Waals surface area contributed by atoms with Gasteiger partial charge in [-0.15, -0.1) is 0 Å². The van der Waals surface area contributed by atoms with Crippen molar-refractivity contribution in [3.8, 4) is 0 Å². The molecule has 1 aromatic heterocycles. The highest BCUT2D eigenvalue weighted by Gasteiger charge is 2.42. The van der Waals surface area contributed by atoms with Crippen molar-refractivity contribution in [3.05, 3.63) is 56.8 Å². The summed E-state index contributed by atoms with van der Waals surface area (Å²) in [5.74, 6) is -4.23. The summed E-state index contributed by atoms with van der Waals surface area (Å²) in [4.78, 5) is 32.7. The van der Waals surface area contributed by atoms with Gasteiger partial charge in [0.05, 0.1) is 33.2 Å². The largest absolute Gasteiger partial charge is 0.391 e. The number of halogens is 7. The third kappa shape index (κ3) is 8.01. The van der Waals surface area contributed by atoms with Crippen molar-refractivity contribution in [2.75, 3.05) is 18.0 Å². The number of nitrogens with zero attached hydrogens (tertiary/aromatic N) is 3. The van der Waals surface area contributed by atoms with Crippen LogP contribution in [0.15, 0.2) is 24.3 Å². The van der Waals surface area contributed by atoms with E-state index in [-0.39, 0.29) is 76.1 Å². The zero-order chi connectivity index (χ0) is 35.2. The van der Waals surface area contributed by atoms with Gasteiger partial charge in [-0.3, -0.25) is 9.59 Å². The number of aromatic nitrogens is 2. The summed E-state index contributed by atoms with van der Waals surface area (Å²) in [5.41, 5.74) is 2.50. The van der Waals surface area contributed by atoms with Gasteiger partial charge in [-0.2, -0.15) is 13.2 Å². The zero-order valence-corrected chi connectivity index (χ0v) is 28.9. The van der Waals surface area contributed by atoms with Crippen molar-refractivity contribution in [2.45, 2.75) is 90.4 Å². The number of piperidine rings is 1. The highest BCUT2D eigenvalue weighted by Crippen LogP contribution is 2.38. The van der Waals surface area contributed by atoms with Crippen LogP contribution in [-0.4, -0.2) is 52.6 Å². The molecule has 48 heavy (non-hydrogen) atoms. The first-order chi connectivity index (χ1) is 22.3. The Labute approximate surface area is 286 Å². The quantitative estimate of drug-likeness (QED) is 0.242. The number of anilines is 1. The lowest BCUT2D eigenvalue weighted by Gasteiger charge is -2.35. The number of aryl methyl sites for hydroxylation is 1. The number of nitrogens with one attached hydrogen (secondary N) is 2. The third-order valence-corrected chi connectivity index (χ3v) is 10.2. The van der Waals surface area contributed by atoms with Crippen LogP contribution in [0, 0.1) is 11.3 Å². The van der Waals surface area contributed by atoms with Gasteiger partial charge >= 0.3 is 6.18 Å². The SMILES string of the molecule is Cn1c(Cc2c(Cl)ccc(CNC(=O)C(C)(C)C)c2Cl)nc2cc(C(=O)NC3CCC(F)(F)CC3)c(N3CCC(C(F)(F)F)CC3)cc21. The van der Waals surface area contributed by atoms with Gasteiger partial charge in [0.1, 0.15) is 5.82 Å². The number of fused-ring (bicyclic) bond motifs is 1. The van der Waals surface area contributed by atoms with Crippen LogP contribution >= 0.6 is 23.2 Å². The zero-order valence-electron chi connectivity index (χ0n) is 27.3. The van der Waals surface area contributed by atoms with E-state index in [1.54, 1.807) is 36.2 Å². The normalized spacial score (nSPS) is 17.9. The highest BCUT2D eigenvalue weighted by molar-refractivity contribution is 6.36. The van der Waals surface area contributed by atoms with E-state index in [0.29, 0.717) is 43.7 Å². The van der Waals surface area contributed by atoms with Gasteiger partial charge in [0.25, 0.3) is 5.91 Å². The molecule has 2 aromatic carbocycles. The van der Waals surface area contributed by atoms with Crippen LogP contribution in [0.25, 0.3) is 11.0 Å². The molecule has 0 bridgehead atoms. The highest BCUT2D eigenvalue weighted by atomic mass is 35.5. The Balaban J connectivity index is 1.47. The van der Waals surface area contributed by atoms with E-state index < -0.39 is 35.4 Å². The van der Waals surface area contributed by atoms with E-state index in [1.807, 2.05) is 25.3 Å². The van der Waals surface area contributed by atoms with Gasteiger partial charge in [-0.05, 0) is 55.0 Å². The van der Waals surface area contributed by atoms with Crippen molar-refractivity contribution in [1.29, 1.82) is 0 Å². The molecular weight excluding hydrogens is 676 g/mol. The predicted octanol–water partition coefficient (Wildman–Crippen LogP) is 8.22. The number of imidazole rings is 1. The summed E-state index contributed by atoms with van der Waals surface area (Å²) in [6, 6.07) is 6.37. The van der Waals surface area contributed by atoms with Crippen LogP contribution in [0.4, 0.5) is 27.6 Å². The smallest absolute Gasteiger partial charge is 0.371 e. The molecule has 2 fully saturated rings. The fourth-order valence-corrected chi connectivity index (χ4v) is 6.89. The van der Waals surface area contributed by atoms with Gasteiger partial charge in [-0.25, -0.2) is 13.8 Å². The molecule has 0 radical (unpaired) electrons. The van der Waals surface area contributed by atoms with Crippen molar-refractivity contribution in [2.24, 2.45) is 18.4 Å². The van der Waals surface area contributed by atoms with Crippen molar-refractivity contribution >= 4 is 51.7 Å². The molecule has 0 atom stereocenters. The molecule has 262 valence electrons. The second-order valence-electron chi connectivity index (χ2n) is 14.0. The standard InChI is InChI=1S/C34H40Cl2F5N5O2/c1-32(2,3)31(48)42-18-19-5-6-24(35)22(29(19)36)16-28-44-25-15-23(30(47)43-21-7-11-33(37,38)12-8-21)26(17-27(25)45(28)4)46-13-9-20(10-14-46)34(39,40)41/h5-6,15,17,20-21H,7-14,16,18H2,1-4H3,(H,42,48)(H,43,47). The summed E-state index contributed by atoms with van der Waals surface area (Å²) < 4.78 is 69.7. The Morgan fingerprint density at radius 1 is 1.02 bits per heavy atom. The number of hydrogen-bond acceptors (Lipinski definition) is 4. The maximum atomic E-state index is 13.8.